The maximum Gasteiger partial charge on any atom is 0.211 e. The van der Waals surface area contributed by atoms with E-state index in [1.54, 1.807) is 10.8 Å². The van der Waals surface area contributed by atoms with Gasteiger partial charge in [-0.15, -0.1) is 5.10 Å². The zero-order chi connectivity index (χ0) is 16.0. The van der Waals surface area contributed by atoms with E-state index in [1.807, 2.05) is 24.3 Å². The van der Waals surface area contributed by atoms with Crippen LogP contribution in [0.25, 0.3) is 16.6 Å². The summed E-state index contributed by atoms with van der Waals surface area (Å²) >= 11 is 0. The van der Waals surface area contributed by atoms with Crippen molar-refractivity contribution in [2.24, 2.45) is 0 Å². The van der Waals surface area contributed by atoms with Crippen LogP contribution in [-0.2, 0) is 10.0 Å². The van der Waals surface area contributed by atoms with Gasteiger partial charge in [-0.2, -0.15) is 0 Å². The lowest BCUT2D eigenvalue weighted by Crippen LogP contribution is -2.38. The molecule has 7 nitrogen and oxygen atoms in total. The van der Waals surface area contributed by atoms with Crippen LogP contribution in [-0.4, -0.2) is 51.7 Å². The Morgan fingerprint density at radius 1 is 1.26 bits per heavy atom. The number of rotatable bonds is 2. The molecule has 0 N–H and O–H groups in total. The van der Waals surface area contributed by atoms with E-state index in [4.69, 9.17) is 0 Å². The van der Waals surface area contributed by atoms with Gasteiger partial charge in [-0.3, -0.25) is 0 Å². The maximum absolute atomic E-state index is 11.8. The molecule has 2 aromatic heterocycles. The van der Waals surface area contributed by atoms with Crippen molar-refractivity contribution in [1.29, 1.82) is 0 Å². The summed E-state index contributed by atoms with van der Waals surface area (Å²) in [5.74, 6) is 0.716. The van der Waals surface area contributed by atoms with Crippen molar-refractivity contribution in [3.05, 3.63) is 36.4 Å². The zero-order valence-electron chi connectivity index (χ0n) is 12.8. The van der Waals surface area contributed by atoms with E-state index in [0.717, 1.165) is 29.4 Å². The molecule has 0 radical (unpaired) electrons. The molecule has 1 aromatic carbocycles. The zero-order valence-corrected chi connectivity index (χ0v) is 13.6. The van der Waals surface area contributed by atoms with Gasteiger partial charge < -0.3 is 0 Å². The Morgan fingerprint density at radius 2 is 2.09 bits per heavy atom. The Hall–Kier alpha value is -2.06. The Balaban J connectivity index is 1.76. The predicted octanol–water partition coefficient (Wildman–Crippen LogP) is 1.42. The third-order valence-electron chi connectivity index (χ3n) is 4.32. The van der Waals surface area contributed by atoms with E-state index in [0.29, 0.717) is 18.9 Å². The van der Waals surface area contributed by atoms with Gasteiger partial charge in [-0.25, -0.2) is 27.2 Å². The number of nitrogens with zero attached hydrogens (tertiary/aromatic N) is 5. The maximum atomic E-state index is 11.8. The summed E-state index contributed by atoms with van der Waals surface area (Å²) in [4.78, 5) is 9.05. The summed E-state index contributed by atoms with van der Waals surface area (Å²) in [5.41, 5.74) is 1.64. The Labute approximate surface area is 134 Å². The Kier molecular flexibility index (Phi) is 3.31. The van der Waals surface area contributed by atoms with Gasteiger partial charge in [0, 0.05) is 24.4 Å². The van der Waals surface area contributed by atoms with Crippen LogP contribution in [0.5, 0.6) is 0 Å². The van der Waals surface area contributed by atoms with Gasteiger partial charge in [0.1, 0.15) is 6.33 Å². The van der Waals surface area contributed by atoms with E-state index >= 15 is 0 Å². The summed E-state index contributed by atoms with van der Waals surface area (Å²) in [6.45, 7) is 1.02. The number of benzene rings is 1. The van der Waals surface area contributed by atoms with Crippen LogP contribution in [0.4, 0.5) is 0 Å². The Morgan fingerprint density at radius 3 is 2.91 bits per heavy atom. The highest BCUT2D eigenvalue weighted by atomic mass is 32.2. The van der Waals surface area contributed by atoms with Gasteiger partial charge in [-0.1, -0.05) is 12.1 Å². The fourth-order valence-corrected chi connectivity index (χ4v) is 4.03. The van der Waals surface area contributed by atoms with Crippen LogP contribution >= 0.6 is 0 Å². The molecule has 1 saturated heterocycles. The van der Waals surface area contributed by atoms with Gasteiger partial charge in [0.05, 0.1) is 11.8 Å². The minimum Gasteiger partial charge on any atom is -0.236 e. The van der Waals surface area contributed by atoms with Crippen LogP contribution in [0.1, 0.15) is 24.6 Å². The summed E-state index contributed by atoms with van der Waals surface area (Å²) in [6.07, 6.45) is 4.63. The molecule has 8 heteroatoms. The van der Waals surface area contributed by atoms with Crippen molar-refractivity contribution in [1.82, 2.24) is 23.9 Å². The Bertz CT molecular complexity index is 982. The van der Waals surface area contributed by atoms with Crippen molar-refractivity contribution < 1.29 is 8.42 Å². The standard InChI is InChI=1S/C15H17N5O2S/c1-23(21,22)19-8-4-5-11(9-19)14-17-15-12-6-2-3-7-13(12)16-10-20(15)18-14/h2-3,6-7,10-11H,4-5,8-9H2,1H3/t11-/m0/s1. The smallest absolute Gasteiger partial charge is 0.211 e. The van der Waals surface area contributed by atoms with E-state index in [9.17, 15) is 8.42 Å². The minimum absolute atomic E-state index is 0.0251. The second-order valence-corrected chi connectivity index (χ2v) is 7.94. The molecule has 1 aliphatic heterocycles. The quantitative estimate of drug-likeness (QED) is 0.709. The highest BCUT2D eigenvalue weighted by Gasteiger charge is 2.29. The van der Waals surface area contributed by atoms with Gasteiger partial charge in [0.15, 0.2) is 11.5 Å². The molecule has 4 rings (SSSR count). The lowest BCUT2D eigenvalue weighted by Gasteiger charge is -2.29. The van der Waals surface area contributed by atoms with Crippen molar-refractivity contribution in [2.45, 2.75) is 18.8 Å². The van der Waals surface area contributed by atoms with Gasteiger partial charge in [0.25, 0.3) is 0 Å². The topological polar surface area (TPSA) is 80.5 Å². The number of hydrogen-bond acceptors (Lipinski definition) is 5. The molecule has 23 heavy (non-hydrogen) atoms. The number of sulfonamides is 1. The highest BCUT2D eigenvalue weighted by molar-refractivity contribution is 7.88. The molecular weight excluding hydrogens is 314 g/mol. The first-order chi connectivity index (χ1) is 11.0. The molecule has 1 aliphatic rings. The molecular formula is C15H17N5O2S. The molecule has 3 heterocycles. The summed E-state index contributed by atoms with van der Waals surface area (Å²) in [5, 5.41) is 5.47. The first-order valence-electron chi connectivity index (χ1n) is 7.57. The largest absolute Gasteiger partial charge is 0.236 e. The van der Waals surface area contributed by atoms with E-state index in [1.165, 1.54) is 10.6 Å². The second kappa shape index (κ2) is 5.24. The van der Waals surface area contributed by atoms with Crippen LogP contribution in [0.2, 0.25) is 0 Å². The summed E-state index contributed by atoms with van der Waals surface area (Å²) in [7, 11) is -3.17. The van der Waals surface area contributed by atoms with E-state index in [2.05, 4.69) is 15.1 Å². The molecule has 0 unspecified atom stereocenters. The fraction of sp³-hybridized carbons (Fsp3) is 0.400. The lowest BCUT2D eigenvalue weighted by molar-refractivity contribution is 0.311. The third-order valence-corrected chi connectivity index (χ3v) is 5.59. The molecule has 0 spiro atoms. The average Bonchev–Trinajstić information content (AvgIpc) is 2.99. The van der Waals surface area contributed by atoms with Crippen molar-refractivity contribution in [3.8, 4) is 0 Å². The third kappa shape index (κ3) is 2.57. The van der Waals surface area contributed by atoms with Crippen molar-refractivity contribution in [3.63, 3.8) is 0 Å². The molecule has 3 aromatic rings. The van der Waals surface area contributed by atoms with Crippen LogP contribution in [0.3, 0.4) is 0 Å². The van der Waals surface area contributed by atoms with E-state index < -0.39 is 10.0 Å². The second-order valence-electron chi connectivity index (χ2n) is 5.96. The molecule has 0 bridgehead atoms. The van der Waals surface area contributed by atoms with Gasteiger partial charge >= 0.3 is 0 Å². The van der Waals surface area contributed by atoms with Crippen LogP contribution < -0.4 is 0 Å². The summed E-state index contributed by atoms with van der Waals surface area (Å²) in [6, 6.07) is 7.80. The van der Waals surface area contributed by atoms with Gasteiger partial charge in [-0.05, 0) is 25.0 Å². The summed E-state index contributed by atoms with van der Waals surface area (Å²) < 4.78 is 26.8. The number of hydrogen-bond donors (Lipinski definition) is 0. The lowest BCUT2D eigenvalue weighted by atomic mass is 9.99. The monoisotopic (exact) mass is 331 g/mol. The number of fused-ring (bicyclic) bond motifs is 3. The SMILES string of the molecule is CS(=O)(=O)N1CCC[C@H](c2nc3c4ccccc4ncn3n2)C1. The first-order valence-corrected chi connectivity index (χ1v) is 9.42. The van der Waals surface area contributed by atoms with Gasteiger partial charge in [0.2, 0.25) is 10.0 Å². The molecule has 0 amide bonds. The fourth-order valence-electron chi connectivity index (χ4n) is 3.12. The van der Waals surface area contributed by atoms with E-state index in [-0.39, 0.29) is 5.92 Å². The average molecular weight is 331 g/mol. The van der Waals surface area contributed by atoms with Crippen LogP contribution in [0, 0.1) is 0 Å². The van der Waals surface area contributed by atoms with Crippen molar-refractivity contribution >= 4 is 26.6 Å². The highest BCUT2D eigenvalue weighted by Crippen LogP contribution is 2.27. The minimum atomic E-state index is -3.17. The van der Waals surface area contributed by atoms with Crippen molar-refractivity contribution in [2.75, 3.05) is 19.3 Å². The molecule has 120 valence electrons. The number of aromatic nitrogens is 4. The normalized spacial score (nSPS) is 20.3. The first kappa shape index (κ1) is 14.5. The van der Waals surface area contributed by atoms with Crippen LogP contribution in [0.15, 0.2) is 30.6 Å². The predicted molar refractivity (Wildman–Crippen MR) is 86.7 cm³/mol. The molecule has 1 fully saturated rings. The molecule has 1 atom stereocenters. The number of para-hydroxylation sites is 1. The molecule has 0 aliphatic carbocycles. The molecule has 0 saturated carbocycles. The number of piperidine rings is 1.